The van der Waals surface area contributed by atoms with Crippen molar-refractivity contribution in [3.05, 3.63) is 58.9 Å². The van der Waals surface area contributed by atoms with E-state index in [4.69, 9.17) is 9.72 Å². The Morgan fingerprint density at radius 1 is 1.10 bits per heavy atom. The molecule has 7 heteroatoms. The predicted octanol–water partition coefficient (Wildman–Crippen LogP) is 4.20. The molecule has 2 fully saturated rings. The van der Waals surface area contributed by atoms with Crippen molar-refractivity contribution >= 4 is 22.2 Å². The Labute approximate surface area is 187 Å². The molecule has 1 amide bonds. The first-order valence-corrected chi connectivity index (χ1v) is 12.3. The van der Waals surface area contributed by atoms with Crippen LogP contribution in [0.2, 0.25) is 0 Å². The van der Waals surface area contributed by atoms with Gasteiger partial charge in [-0.1, -0.05) is 30.3 Å². The van der Waals surface area contributed by atoms with E-state index in [1.165, 1.54) is 12.0 Å². The summed E-state index contributed by atoms with van der Waals surface area (Å²) in [6.45, 7) is 5.00. The van der Waals surface area contributed by atoms with E-state index in [-0.39, 0.29) is 12.0 Å². The highest BCUT2D eigenvalue weighted by Crippen LogP contribution is 2.24. The van der Waals surface area contributed by atoms with Crippen molar-refractivity contribution in [2.45, 2.75) is 51.4 Å². The summed E-state index contributed by atoms with van der Waals surface area (Å²) >= 11 is 1.59. The van der Waals surface area contributed by atoms with Crippen molar-refractivity contribution in [2.75, 3.05) is 26.2 Å². The second-order valence-electron chi connectivity index (χ2n) is 8.61. The molecule has 2 saturated heterocycles. The highest BCUT2D eigenvalue weighted by Gasteiger charge is 2.28. The van der Waals surface area contributed by atoms with Crippen molar-refractivity contribution in [3.8, 4) is 0 Å². The molecule has 0 unspecified atom stereocenters. The van der Waals surface area contributed by atoms with Crippen LogP contribution in [-0.2, 0) is 17.9 Å². The van der Waals surface area contributed by atoms with E-state index in [1.54, 1.807) is 11.3 Å². The van der Waals surface area contributed by atoms with Gasteiger partial charge < -0.3 is 9.64 Å². The van der Waals surface area contributed by atoms with Gasteiger partial charge in [0.1, 0.15) is 0 Å². The fourth-order valence-corrected chi connectivity index (χ4v) is 5.43. The van der Waals surface area contributed by atoms with E-state index >= 15 is 0 Å². The minimum atomic E-state index is 0.0967. The zero-order valence-corrected chi connectivity index (χ0v) is 18.7. The number of likely N-dealkylation sites (tertiary alicyclic amines) is 2. The van der Waals surface area contributed by atoms with Crippen LogP contribution in [0.1, 0.15) is 53.8 Å². The number of thiazole rings is 1. The topological polar surface area (TPSA) is 50.1 Å². The number of ether oxygens (including phenoxy) is 1. The summed E-state index contributed by atoms with van der Waals surface area (Å²) in [6, 6.07) is 10.4. The average Bonchev–Trinajstić information content (AvgIpc) is 3.41. The molecule has 5 rings (SSSR count). The molecule has 6 nitrogen and oxygen atoms in total. The fourth-order valence-electron chi connectivity index (χ4n) is 4.69. The number of rotatable bonds is 6. The van der Waals surface area contributed by atoms with Crippen molar-refractivity contribution < 1.29 is 9.53 Å². The average molecular weight is 439 g/mol. The van der Waals surface area contributed by atoms with Gasteiger partial charge in [-0.2, -0.15) is 0 Å². The maximum Gasteiger partial charge on any atom is 0.274 e. The van der Waals surface area contributed by atoms with Crippen LogP contribution in [0.3, 0.4) is 0 Å². The Hall–Kier alpha value is -2.22. The first-order valence-electron chi connectivity index (χ1n) is 11.4. The molecule has 0 spiro atoms. The van der Waals surface area contributed by atoms with Crippen LogP contribution in [0.15, 0.2) is 41.9 Å². The summed E-state index contributed by atoms with van der Waals surface area (Å²) in [7, 11) is 0. The predicted molar refractivity (Wildman–Crippen MR) is 122 cm³/mol. The van der Waals surface area contributed by atoms with Crippen LogP contribution in [0.25, 0.3) is 4.96 Å². The van der Waals surface area contributed by atoms with Gasteiger partial charge in [-0.25, -0.2) is 4.98 Å². The van der Waals surface area contributed by atoms with Gasteiger partial charge in [0.15, 0.2) is 10.7 Å². The minimum Gasteiger partial charge on any atom is -0.372 e. The molecule has 1 aromatic carbocycles. The van der Waals surface area contributed by atoms with Crippen LogP contribution in [0, 0.1) is 0 Å². The molecular weight excluding hydrogens is 408 g/mol. The quantitative estimate of drug-likeness (QED) is 0.579. The SMILES string of the molecule is O=C(c1nc2sccn2c1CN1CCC[C@H](OCc2ccccc2)C1)N1CCCCC1. The Kier molecular flexibility index (Phi) is 6.34. The van der Waals surface area contributed by atoms with Crippen LogP contribution in [-0.4, -0.2) is 57.4 Å². The van der Waals surface area contributed by atoms with E-state index < -0.39 is 0 Å². The monoisotopic (exact) mass is 438 g/mol. The van der Waals surface area contributed by atoms with Gasteiger partial charge in [-0.05, 0) is 44.2 Å². The highest BCUT2D eigenvalue weighted by molar-refractivity contribution is 7.15. The van der Waals surface area contributed by atoms with Gasteiger partial charge in [-0.15, -0.1) is 11.3 Å². The van der Waals surface area contributed by atoms with Crippen LogP contribution >= 0.6 is 11.3 Å². The number of hydrogen-bond acceptors (Lipinski definition) is 5. The van der Waals surface area contributed by atoms with Gasteiger partial charge in [0, 0.05) is 37.8 Å². The number of carbonyl (C=O) groups excluding carboxylic acids is 1. The lowest BCUT2D eigenvalue weighted by atomic mass is 10.1. The Bertz CT molecular complexity index is 1010. The second-order valence-corrected chi connectivity index (χ2v) is 9.48. The molecule has 2 aliphatic rings. The minimum absolute atomic E-state index is 0.0967. The lowest BCUT2D eigenvalue weighted by Gasteiger charge is -2.33. The number of aromatic nitrogens is 2. The maximum absolute atomic E-state index is 13.3. The standard InChI is InChI=1S/C24H30N4O2S/c29-23(27-12-5-2-6-13-27)22-21(28-14-15-31-24(28)25-22)17-26-11-7-10-20(16-26)30-18-19-8-3-1-4-9-19/h1,3-4,8-9,14-15,20H,2,5-7,10-13,16-18H2/t20-/m0/s1. The summed E-state index contributed by atoms with van der Waals surface area (Å²) in [5.74, 6) is 0.0967. The van der Waals surface area contributed by atoms with Gasteiger partial charge in [0.05, 0.1) is 18.4 Å². The molecule has 1 atom stereocenters. The second kappa shape index (κ2) is 9.51. The summed E-state index contributed by atoms with van der Waals surface area (Å²) in [5, 5.41) is 2.04. The molecule has 0 radical (unpaired) electrons. The first-order chi connectivity index (χ1) is 15.3. The molecule has 4 heterocycles. The number of nitrogens with zero attached hydrogens (tertiary/aromatic N) is 4. The number of imidazole rings is 1. The van der Waals surface area contributed by atoms with E-state index in [2.05, 4.69) is 33.6 Å². The third-order valence-corrected chi connectivity index (χ3v) is 7.13. The van der Waals surface area contributed by atoms with Crippen molar-refractivity contribution in [1.82, 2.24) is 19.2 Å². The number of amides is 1. The molecular formula is C24H30N4O2S. The molecule has 0 bridgehead atoms. The molecule has 0 N–H and O–H groups in total. The normalized spacial score (nSPS) is 20.4. The van der Waals surface area contributed by atoms with Gasteiger partial charge in [0.2, 0.25) is 0 Å². The van der Waals surface area contributed by atoms with Gasteiger partial charge >= 0.3 is 0 Å². The largest absolute Gasteiger partial charge is 0.372 e. The van der Waals surface area contributed by atoms with Gasteiger partial charge in [-0.3, -0.25) is 14.1 Å². The summed E-state index contributed by atoms with van der Waals surface area (Å²) < 4.78 is 8.33. The lowest BCUT2D eigenvalue weighted by molar-refractivity contribution is -0.0124. The lowest BCUT2D eigenvalue weighted by Crippen LogP contribution is -2.40. The van der Waals surface area contributed by atoms with E-state index in [0.717, 1.165) is 69.1 Å². The van der Waals surface area contributed by atoms with Crippen LogP contribution in [0.5, 0.6) is 0 Å². The van der Waals surface area contributed by atoms with Crippen LogP contribution < -0.4 is 0 Å². The number of carbonyl (C=O) groups is 1. The number of fused-ring (bicyclic) bond motifs is 1. The summed E-state index contributed by atoms with van der Waals surface area (Å²) in [6.07, 6.45) is 7.87. The van der Waals surface area contributed by atoms with Crippen LogP contribution in [0.4, 0.5) is 0 Å². The Balaban J connectivity index is 1.29. The zero-order valence-electron chi connectivity index (χ0n) is 17.9. The number of hydrogen-bond donors (Lipinski definition) is 0. The van der Waals surface area contributed by atoms with Crippen molar-refractivity contribution in [2.24, 2.45) is 0 Å². The third-order valence-electron chi connectivity index (χ3n) is 6.37. The highest BCUT2D eigenvalue weighted by atomic mass is 32.1. The zero-order chi connectivity index (χ0) is 21.0. The summed E-state index contributed by atoms with van der Waals surface area (Å²) in [5.41, 5.74) is 2.88. The molecule has 0 saturated carbocycles. The first kappa shape index (κ1) is 20.7. The number of piperidine rings is 2. The fraction of sp³-hybridized carbons (Fsp3) is 0.500. The number of benzene rings is 1. The molecule has 2 aromatic heterocycles. The molecule has 31 heavy (non-hydrogen) atoms. The molecule has 2 aliphatic heterocycles. The van der Waals surface area contributed by atoms with E-state index in [0.29, 0.717) is 12.3 Å². The van der Waals surface area contributed by atoms with E-state index in [9.17, 15) is 4.79 Å². The summed E-state index contributed by atoms with van der Waals surface area (Å²) in [4.78, 5) is 23.3. The molecule has 164 valence electrons. The Morgan fingerprint density at radius 3 is 2.77 bits per heavy atom. The maximum atomic E-state index is 13.3. The van der Waals surface area contributed by atoms with Crippen molar-refractivity contribution in [1.29, 1.82) is 0 Å². The molecule has 0 aliphatic carbocycles. The van der Waals surface area contributed by atoms with E-state index in [1.807, 2.05) is 22.5 Å². The molecule has 3 aromatic rings. The van der Waals surface area contributed by atoms with Gasteiger partial charge in [0.25, 0.3) is 5.91 Å². The third kappa shape index (κ3) is 4.68. The Morgan fingerprint density at radius 2 is 1.94 bits per heavy atom. The van der Waals surface area contributed by atoms with Crippen molar-refractivity contribution in [3.63, 3.8) is 0 Å². The smallest absolute Gasteiger partial charge is 0.274 e.